The van der Waals surface area contributed by atoms with E-state index in [0.717, 1.165) is 16.8 Å². The molecule has 1 aliphatic heterocycles. The topological polar surface area (TPSA) is 71.5 Å². The molecule has 4 aromatic rings. The van der Waals surface area contributed by atoms with E-state index in [0.29, 0.717) is 22.7 Å². The van der Waals surface area contributed by atoms with Crippen molar-refractivity contribution >= 4 is 17.6 Å². The Labute approximate surface area is 214 Å². The summed E-state index contributed by atoms with van der Waals surface area (Å²) in [4.78, 5) is 33.9. The maximum Gasteiger partial charge on any atom is 0.255 e. The molecule has 2 amide bonds. The van der Waals surface area contributed by atoms with Crippen LogP contribution in [0.5, 0.6) is 5.75 Å². The molecule has 6 nitrogen and oxygen atoms in total. The first-order valence-electron chi connectivity index (χ1n) is 12.0. The Morgan fingerprint density at radius 2 is 1.70 bits per heavy atom. The molecule has 0 saturated heterocycles. The zero-order valence-corrected chi connectivity index (χ0v) is 20.5. The third-order valence-electron chi connectivity index (χ3n) is 6.58. The molecular weight excluding hydrogens is 469 g/mol. The summed E-state index contributed by atoms with van der Waals surface area (Å²) in [6, 6.07) is 25.4. The number of aryl methyl sites for hydroxylation is 1. The lowest BCUT2D eigenvalue weighted by molar-refractivity contribution is -0.119. The van der Waals surface area contributed by atoms with Crippen molar-refractivity contribution in [2.45, 2.75) is 25.4 Å². The summed E-state index contributed by atoms with van der Waals surface area (Å²) in [7, 11) is 1.58. The Hall–Kier alpha value is -4.52. The first kappa shape index (κ1) is 24.2. The zero-order valence-electron chi connectivity index (χ0n) is 20.5. The van der Waals surface area contributed by atoms with Gasteiger partial charge in [0.25, 0.3) is 5.91 Å². The van der Waals surface area contributed by atoms with Gasteiger partial charge in [-0.05, 0) is 66.1 Å². The first-order valence-corrected chi connectivity index (χ1v) is 12.0. The molecule has 37 heavy (non-hydrogen) atoms. The van der Waals surface area contributed by atoms with Gasteiger partial charge in [0, 0.05) is 17.8 Å². The number of anilines is 1. The Morgan fingerprint density at radius 3 is 2.41 bits per heavy atom. The van der Waals surface area contributed by atoms with Crippen LogP contribution in [-0.4, -0.2) is 28.8 Å². The highest BCUT2D eigenvalue weighted by molar-refractivity contribution is 6.04. The van der Waals surface area contributed by atoms with Gasteiger partial charge in [0.05, 0.1) is 19.1 Å². The van der Waals surface area contributed by atoms with E-state index in [9.17, 15) is 14.0 Å². The van der Waals surface area contributed by atoms with Gasteiger partial charge in [-0.15, -0.1) is 0 Å². The maximum absolute atomic E-state index is 13.9. The minimum absolute atomic E-state index is 0.196. The summed E-state index contributed by atoms with van der Waals surface area (Å²) in [5, 5.41) is 2.96. The minimum atomic E-state index is -0.718. The number of rotatable bonds is 6. The molecule has 186 valence electrons. The SMILES string of the molecule is COc1ccc([C@H]2[C@H](C(=O)Nc3cccc(C)n3)c3ccccc3C(=O)N2Cc2ccc(F)cc2)cc1. The number of nitrogens with one attached hydrogen (secondary N) is 1. The fourth-order valence-corrected chi connectivity index (χ4v) is 4.83. The molecule has 0 aliphatic carbocycles. The van der Waals surface area contributed by atoms with Crippen LogP contribution >= 0.6 is 0 Å². The Bertz CT molecular complexity index is 1440. The van der Waals surface area contributed by atoms with Crippen molar-refractivity contribution in [3.05, 3.63) is 125 Å². The van der Waals surface area contributed by atoms with E-state index < -0.39 is 12.0 Å². The Balaban J connectivity index is 1.63. The van der Waals surface area contributed by atoms with E-state index >= 15 is 0 Å². The van der Waals surface area contributed by atoms with Gasteiger partial charge in [-0.3, -0.25) is 9.59 Å². The van der Waals surface area contributed by atoms with Crippen molar-refractivity contribution in [3.63, 3.8) is 0 Å². The molecule has 3 aromatic carbocycles. The second-order valence-electron chi connectivity index (χ2n) is 9.00. The largest absolute Gasteiger partial charge is 0.497 e. The Kier molecular flexibility index (Phi) is 6.68. The van der Waals surface area contributed by atoms with Gasteiger partial charge in [0.1, 0.15) is 17.4 Å². The number of carbonyl (C=O) groups excluding carboxylic acids is 2. The summed E-state index contributed by atoms with van der Waals surface area (Å²) in [5.41, 5.74) is 3.43. The number of aromatic nitrogens is 1. The summed E-state index contributed by atoms with van der Waals surface area (Å²) in [6.45, 7) is 2.06. The smallest absolute Gasteiger partial charge is 0.255 e. The van der Waals surface area contributed by atoms with E-state index in [4.69, 9.17) is 4.74 Å². The number of carbonyl (C=O) groups is 2. The average Bonchev–Trinajstić information content (AvgIpc) is 2.91. The van der Waals surface area contributed by atoms with E-state index in [1.807, 2.05) is 55.5 Å². The molecule has 0 unspecified atom stereocenters. The van der Waals surface area contributed by atoms with Gasteiger partial charge in [-0.2, -0.15) is 0 Å². The normalized spacial score (nSPS) is 16.7. The average molecular weight is 496 g/mol. The van der Waals surface area contributed by atoms with E-state index in [2.05, 4.69) is 10.3 Å². The number of halogens is 1. The van der Waals surface area contributed by atoms with Crippen LogP contribution in [0.3, 0.4) is 0 Å². The molecule has 1 N–H and O–H groups in total. The predicted molar refractivity (Wildman–Crippen MR) is 139 cm³/mol. The highest BCUT2D eigenvalue weighted by atomic mass is 19.1. The maximum atomic E-state index is 13.9. The van der Waals surface area contributed by atoms with Crippen LogP contribution in [0.2, 0.25) is 0 Å². The fourth-order valence-electron chi connectivity index (χ4n) is 4.83. The van der Waals surface area contributed by atoms with E-state index in [1.54, 1.807) is 42.3 Å². The van der Waals surface area contributed by atoms with Gasteiger partial charge in [0.15, 0.2) is 0 Å². The number of hydrogen-bond acceptors (Lipinski definition) is 4. The summed E-state index contributed by atoms with van der Waals surface area (Å²) in [6.07, 6.45) is 0. The van der Waals surface area contributed by atoms with Crippen LogP contribution in [0.15, 0.2) is 91.0 Å². The van der Waals surface area contributed by atoms with Crippen LogP contribution < -0.4 is 10.1 Å². The number of benzene rings is 3. The lowest BCUT2D eigenvalue weighted by Gasteiger charge is -2.42. The van der Waals surface area contributed by atoms with Crippen molar-refractivity contribution in [2.24, 2.45) is 0 Å². The van der Waals surface area contributed by atoms with E-state index in [1.165, 1.54) is 12.1 Å². The van der Waals surface area contributed by atoms with E-state index in [-0.39, 0.29) is 24.2 Å². The Morgan fingerprint density at radius 1 is 0.973 bits per heavy atom. The number of hydrogen-bond donors (Lipinski definition) is 1. The molecule has 0 radical (unpaired) electrons. The highest BCUT2D eigenvalue weighted by Crippen LogP contribution is 2.44. The summed E-state index contributed by atoms with van der Waals surface area (Å²) < 4.78 is 18.9. The lowest BCUT2D eigenvalue weighted by atomic mass is 9.79. The van der Waals surface area contributed by atoms with Gasteiger partial charge >= 0.3 is 0 Å². The zero-order chi connectivity index (χ0) is 25.9. The molecule has 2 heterocycles. The van der Waals surface area contributed by atoms with Crippen molar-refractivity contribution in [1.82, 2.24) is 9.88 Å². The van der Waals surface area contributed by atoms with Crippen LogP contribution in [0, 0.1) is 12.7 Å². The molecule has 0 fully saturated rings. The third kappa shape index (κ3) is 4.93. The molecule has 0 bridgehead atoms. The van der Waals surface area contributed by atoms with Crippen LogP contribution in [0.1, 0.15) is 44.7 Å². The molecular formula is C30H26FN3O3. The predicted octanol–water partition coefficient (Wildman–Crippen LogP) is 5.66. The number of fused-ring (bicyclic) bond motifs is 1. The number of nitrogens with zero attached hydrogens (tertiary/aromatic N) is 2. The molecule has 1 aliphatic rings. The minimum Gasteiger partial charge on any atom is -0.497 e. The number of methoxy groups -OCH3 is 1. The molecule has 7 heteroatoms. The second kappa shape index (κ2) is 10.2. The fraction of sp³-hybridized carbons (Fsp3) is 0.167. The monoisotopic (exact) mass is 495 g/mol. The first-order chi connectivity index (χ1) is 17.9. The van der Waals surface area contributed by atoms with Gasteiger partial charge < -0.3 is 15.0 Å². The molecule has 0 saturated carbocycles. The standard InChI is InChI=1S/C30H26FN3O3/c1-19-6-5-9-26(32-19)33-29(35)27-24-7-3-4-8-25(24)30(36)34(18-20-10-14-22(31)15-11-20)28(27)21-12-16-23(37-2)17-13-21/h3-17,27-28H,18H2,1-2H3,(H,32,33,35)/t27-,28+/m1/s1. The number of pyridine rings is 1. The quantitative estimate of drug-likeness (QED) is 0.375. The van der Waals surface area contributed by atoms with Crippen molar-refractivity contribution in [1.29, 1.82) is 0 Å². The van der Waals surface area contributed by atoms with Crippen molar-refractivity contribution in [3.8, 4) is 5.75 Å². The molecule has 5 rings (SSSR count). The summed E-state index contributed by atoms with van der Waals surface area (Å²) >= 11 is 0. The van der Waals surface area contributed by atoms with Crippen LogP contribution in [-0.2, 0) is 11.3 Å². The molecule has 1 aromatic heterocycles. The highest BCUT2D eigenvalue weighted by Gasteiger charge is 2.44. The number of amides is 2. The van der Waals surface area contributed by atoms with Crippen LogP contribution in [0.25, 0.3) is 0 Å². The van der Waals surface area contributed by atoms with Crippen molar-refractivity contribution < 1.29 is 18.7 Å². The lowest BCUT2D eigenvalue weighted by Crippen LogP contribution is -2.45. The second-order valence-corrected chi connectivity index (χ2v) is 9.00. The van der Waals surface area contributed by atoms with Crippen LogP contribution in [0.4, 0.5) is 10.2 Å². The number of ether oxygens (including phenoxy) is 1. The third-order valence-corrected chi connectivity index (χ3v) is 6.58. The summed E-state index contributed by atoms with van der Waals surface area (Å²) in [5.74, 6) is -0.431. The molecule has 0 spiro atoms. The van der Waals surface area contributed by atoms with Gasteiger partial charge in [0.2, 0.25) is 5.91 Å². The van der Waals surface area contributed by atoms with Crippen molar-refractivity contribution in [2.75, 3.05) is 12.4 Å². The van der Waals surface area contributed by atoms with Gasteiger partial charge in [-0.1, -0.05) is 48.5 Å². The van der Waals surface area contributed by atoms with Gasteiger partial charge in [-0.25, -0.2) is 9.37 Å². The molecule has 2 atom stereocenters.